The molecule has 2 aromatic rings. The van der Waals surface area contributed by atoms with Gasteiger partial charge in [0.2, 0.25) is 0 Å². The SMILES string of the molecule is O=C(Nc1ccc(Br)cc1Cl)c1ccc(Br)c([N+](=O)[O-])c1. The molecule has 1 N–H and O–H groups in total. The van der Waals surface area contributed by atoms with E-state index in [2.05, 4.69) is 37.2 Å². The topological polar surface area (TPSA) is 72.2 Å². The molecular formula is C13H7Br2ClN2O3. The zero-order valence-corrected chi connectivity index (χ0v) is 14.2. The summed E-state index contributed by atoms with van der Waals surface area (Å²) in [6, 6.07) is 9.14. The van der Waals surface area contributed by atoms with Gasteiger partial charge < -0.3 is 5.32 Å². The van der Waals surface area contributed by atoms with Crippen LogP contribution in [-0.4, -0.2) is 10.8 Å². The van der Waals surface area contributed by atoms with Crippen LogP contribution in [0.25, 0.3) is 0 Å². The Morgan fingerprint density at radius 1 is 1.19 bits per heavy atom. The molecule has 2 aromatic carbocycles. The number of rotatable bonds is 3. The van der Waals surface area contributed by atoms with Crippen LogP contribution in [0.3, 0.4) is 0 Å². The first-order valence-electron chi connectivity index (χ1n) is 5.59. The lowest BCUT2D eigenvalue weighted by atomic mass is 10.2. The van der Waals surface area contributed by atoms with Crippen molar-refractivity contribution in [1.29, 1.82) is 0 Å². The average molecular weight is 434 g/mol. The second kappa shape index (κ2) is 6.55. The number of nitro groups is 1. The van der Waals surface area contributed by atoms with Gasteiger partial charge in [-0.3, -0.25) is 14.9 Å². The normalized spacial score (nSPS) is 10.2. The molecule has 0 saturated heterocycles. The Morgan fingerprint density at radius 2 is 1.90 bits per heavy atom. The summed E-state index contributed by atoms with van der Waals surface area (Å²) in [5.74, 6) is -0.477. The highest BCUT2D eigenvalue weighted by Gasteiger charge is 2.16. The molecule has 8 heteroatoms. The minimum absolute atomic E-state index is 0.170. The Kier molecular flexibility index (Phi) is 4.97. The van der Waals surface area contributed by atoms with Crippen molar-refractivity contribution in [3.63, 3.8) is 0 Å². The third-order valence-corrected chi connectivity index (χ3v) is 4.06. The van der Waals surface area contributed by atoms with E-state index in [1.807, 2.05) is 0 Å². The first-order chi connectivity index (χ1) is 9.88. The summed E-state index contributed by atoms with van der Waals surface area (Å²) in [4.78, 5) is 22.4. The maximum Gasteiger partial charge on any atom is 0.284 e. The molecule has 5 nitrogen and oxygen atoms in total. The maximum atomic E-state index is 12.1. The lowest BCUT2D eigenvalue weighted by molar-refractivity contribution is -0.385. The third-order valence-electron chi connectivity index (χ3n) is 2.58. The fourth-order valence-electron chi connectivity index (χ4n) is 1.58. The molecule has 0 heterocycles. The van der Waals surface area contributed by atoms with E-state index >= 15 is 0 Å². The van der Waals surface area contributed by atoms with Gasteiger partial charge in [0.05, 0.1) is 20.1 Å². The van der Waals surface area contributed by atoms with Crippen LogP contribution < -0.4 is 5.32 Å². The van der Waals surface area contributed by atoms with Crippen LogP contribution in [0.15, 0.2) is 45.3 Å². The van der Waals surface area contributed by atoms with Crippen molar-refractivity contribution in [2.24, 2.45) is 0 Å². The molecule has 108 valence electrons. The van der Waals surface area contributed by atoms with Crippen LogP contribution in [0.5, 0.6) is 0 Å². The second-order valence-electron chi connectivity index (χ2n) is 4.00. The minimum atomic E-state index is -0.562. The number of benzene rings is 2. The molecule has 0 unspecified atom stereocenters. The van der Waals surface area contributed by atoms with Gasteiger partial charge in [-0.15, -0.1) is 0 Å². The van der Waals surface area contributed by atoms with Crippen LogP contribution in [0, 0.1) is 10.1 Å². The number of hydrogen-bond donors (Lipinski definition) is 1. The molecule has 0 aliphatic carbocycles. The van der Waals surface area contributed by atoms with E-state index in [9.17, 15) is 14.9 Å². The van der Waals surface area contributed by atoms with Gasteiger partial charge in [0.1, 0.15) is 0 Å². The van der Waals surface area contributed by atoms with Crippen molar-refractivity contribution in [2.75, 3.05) is 5.32 Å². The van der Waals surface area contributed by atoms with Gasteiger partial charge >= 0.3 is 0 Å². The Balaban J connectivity index is 2.28. The van der Waals surface area contributed by atoms with Gasteiger partial charge in [-0.1, -0.05) is 27.5 Å². The van der Waals surface area contributed by atoms with Gasteiger partial charge in [0.15, 0.2) is 0 Å². The minimum Gasteiger partial charge on any atom is -0.321 e. The lowest BCUT2D eigenvalue weighted by Gasteiger charge is -2.08. The Hall–Kier alpha value is -1.44. The highest BCUT2D eigenvalue weighted by atomic mass is 79.9. The quantitative estimate of drug-likeness (QED) is 0.544. The molecule has 21 heavy (non-hydrogen) atoms. The Bertz CT molecular complexity index is 737. The van der Waals surface area contributed by atoms with Gasteiger partial charge in [0, 0.05) is 16.1 Å². The van der Waals surface area contributed by atoms with Gasteiger partial charge in [-0.05, 0) is 46.3 Å². The molecule has 0 atom stereocenters. The molecule has 1 amide bonds. The lowest BCUT2D eigenvalue weighted by Crippen LogP contribution is -2.12. The largest absolute Gasteiger partial charge is 0.321 e. The molecule has 2 rings (SSSR count). The van der Waals surface area contributed by atoms with Crippen LogP contribution in [0.1, 0.15) is 10.4 Å². The predicted molar refractivity (Wildman–Crippen MR) is 87.9 cm³/mol. The first-order valence-corrected chi connectivity index (χ1v) is 7.55. The summed E-state index contributed by atoms with van der Waals surface area (Å²) in [7, 11) is 0. The molecule has 0 radical (unpaired) electrons. The predicted octanol–water partition coefficient (Wildman–Crippen LogP) is 5.03. The number of hydrogen-bond acceptors (Lipinski definition) is 3. The zero-order chi connectivity index (χ0) is 15.6. The number of carbonyl (C=O) groups excluding carboxylic acids is 1. The van der Waals surface area contributed by atoms with E-state index < -0.39 is 10.8 Å². The van der Waals surface area contributed by atoms with E-state index in [0.717, 1.165) is 4.47 Å². The molecule has 0 spiro atoms. The summed E-state index contributed by atoms with van der Waals surface area (Å²) in [6.45, 7) is 0. The molecule has 0 saturated carbocycles. The molecule has 0 aromatic heterocycles. The number of nitrogens with one attached hydrogen (secondary N) is 1. The summed E-state index contributed by atoms with van der Waals surface area (Å²) in [6.07, 6.45) is 0. The fraction of sp³-hybridized carbons (Fsp3) is 0. The van der Waals surface area contributed by atoms with Crippen LogP contribution in [0.2, 0.25) is 5.02 Å². The van der Waals surface area contributed by atoms with E-state index in [-0.39, 0.29) is 11.3 Å². The number of amides is 1. The smallest absolute Gasteiger partial charge is 0.284 e. The monoisotopic (exact) mass is 432 g/mol. The molecule has 0 bridgehead atoms. The zero-order valence-electron chi connectivity index (χ0n) is 10.3. The average Bonchev–Trinajstić information content (AvgIpc) is 2.42. The Morgan fingerprint density at radius 3 is 2.52 bits per heavy atom. The van der Waals surface area contributed by atoms with Crippen molar-refractivity contribution in [1.82, 2.24) is 0 Å². The first kappa shape index (κ1) is 15.9. The van der Waals surface area contributed by atoms with Crippen LogP contribution in [0.4, 0.5) is 11.4 Å². The van der Waals surface area contributed by atoms with Gasteiger partial charge in [-0.2, -0.15) is 0 Å². The molecular weight excluding hydrogens is 427 g/mol. The standard InChI is InChI=1S/C13H7Br2ClN2O3/c14-8-2-4-11(10(16)6-8)17-13(19)7-1-3-9(15)12(5-7)18(20)21/h1-6H,(H,17,19). The summed E-state index contributed by atoms with van der Waals surface area (Å²) in [5.41, 5.74) is 0.420. The van der Waals surface area contributed by atoms with E-state index in [1.165, 1.54) is 18.2 Å². The maximum absolute atomic E-state index is 12.1. The number of halogens is 3. The molecule has 0 fully saturated rings. The number of nitrogens with zero attached hydrogens (tertiary/aromatic N) is 1. The van der Waals surface area contributed by atoms with E-state index in [1.54, 1.807) is 18.2 Å². The van der Waals surface area contributed by atoms with Crippen molar-refractivity contribution >= 4 is 60.7 Å². The summed E-state index contributed by atoms with van der Waals surface area (Å²) >= 11 is 12.3. The van der Waals surface area contributed by atoms with Crippen molar-refractivity contribution in [3.05, 3.63) is 66.0 Å². The van der Waals surface area contributed by atoms with Crippen LogP contribution in [-0.2, 0) is 0 Å². The Labute approximate surface area is 141 Å². The second-order valence-corrected chi connectivity index (χ2v) is 6.18. The highest BCUT2D eigenvalue weighted by Crippen LogP contribution is 2.28. The number of carbonyl (C=O) groups is 1. The van der Waals surface area contributed by atoms with Gasteiger partial charge in [-0.25, -0.2) is 0 Å². The third kappa shape index (κ3) is 3.81. The number of nitro benzene ring substituents is 1. The molecule has 0 aliphatic rings. The van der Waals surface area contributed by atoms with Crippen molar-refractivity contribution < 1.29 is 9.72 Å². The fourth-order valence-corrected chi connectivity index (χ4v) is 2.69. The van der Waals surface area contributed by atoms with Crippen LogP contribution >= 0.6 is 43.5 Å². The number of anilines is 1. The van der Waals surface area contributed by atoms with Gasteiger partial charge in [0.25, 0.3) is 11.6 Å². The van der Waals surface area contributed by atoms with Crippen molar-refractivity contribution in [3.8, 4) is 0 Å². The van der Waals surface area contributed by atoms with E-state index in [0.29, 0.717) is 15.2 Å². The van der Waals surface area contributed by atoms with E-state index in [4.69, 9.17) is 11.6 Å². The highest BCUT2D eigenvalue weighted by molar-refractivity contribution is 9.10. The summed E-state index contributed by atoms with van der Waals surface area (Å²) < 4.78 is 1.09. The molecule has 0 aliphatic heterocycles. The summed E-state index contributed by atoms with van der Waals surface area (Å²) in [5, 5.41) is 13.8. The van der Waals surface area contributed by atoms with Crippen molar-refractivity contribution in [2.45, 2.75) is 0 Å².